The highest BCUT2D eigenvalue weighted by Crippen LogP contribution is 2.38. The van der Waals surface area contributed by atoms with Gasteiger partial charge in [0.1, 0.15) is 0 Å². The molecular formula is C39H50NS+. The maximum Gasteiger partial charge on any atom is 0.231 e. The van der Waals surface area contributed by atoms with Gasteiger partial charge in [0.05, 0.1) is 4.88 Å². The molecule has 1 aromatic heterocycles. The van der Waals surface area contributed by atoms with E-state index in [1.807, 2.05) is 11.3 Å². The van der Waals surface area contributed by atoms with Crippen LogP contribution in [0.3, 0.4) is 0 Å². The summed E-state index contributed by atoms with van der Waals surface area (Å²) in [5, 5.41) is 0. The summed E-state index contributed by atoms with van der Waals surface area (Å²) < 4.78 is 2.61. The van der Waals surface area contributed by atoms with Gasteiger partial charge in [-0.3, -0.25) is 0 Å². The third-order valence-corrected chi connectivity index (χ3v) is 10.3. The van der Waals surface area contributed by atoms with Gasteiger partial charge in [-0.25, -0.2) is 0 Å². The summed E-state index contributed by atoms with van der Waals surface area (Å²) in [5.74, 6) is 0.587. The van der Waals surface area contributed by atoms with Crippen LogP contribution in [0.1, 0.15) is 136 Å². The molecule has 0 amide bonds. The molecule has 0 unspecified atom stereocenters. The van der Waals surface area contributed by atoms with Crippen molar-refractivity contribution in [3.8, 4) is 5.69 Å². The van der Waals surface area contributed by atoms with Crippen LogP contribution in [0.2, 0.25) is 0 Å². The fourth-order valence-corrected chi connectivity index (χ4v) is 7.53. The van der Waals surface area contributed by atoms with Crippen molar-refractivity contribution in [1.29, 1.82) is 0 Å². The van der Waals surface area contributed by atoms with Gasteiger partial charge in [-0.05, 0) is 71.4 Å². The van der Waals surface area contributed by atoms with Gasteiger partial charge in [0.2, 0.25) is 16.9 Å². The average Bonchev–Trinajstić information content (AvgIpc) is 3.17. The highest BCUT2D eigenvalue weighted by atomic mass is 32.1. The molecular weight excluding hydrogens is 515 g/mol. The highest BCUT2D eigenvalue weighted by molar-refractivity contribution is 7.09. The van der Waals surface area contributed by atoms with Gasteiger partial charge < -0.3 is 0 Å². The number of hydrogen-bond donors (Lipinski definition) is 0. The molecule has 2 atom stereocenters. The maximum absolute atomic E-state index is 2.61. The lowest BCUT2D eigenvalue weighted by Gasteiger charge is -2.23. The summed E-state index contributed by atoms with van der Waals surface area (Å²) in [6.07, 6.45) is 6.33. The average molecular weight is 565 g/mol. The molecule has 0 spiro atoms. The summed E-state index contributed by atoms with van der Waals surface area (Å²) in [7, 11) is 0. The van der Waals surface area contributed by atoms with Gasteiger partial charge in [0, 0.05) is 29.4 Å². The first-order valence-electron chi connectivity index (χ1n) is 15.7. The first-order valence-corrected chi connectivity index (χ1v) is 16.6. The molecule has 5 rings (SSSR count). The second-order valence-electron chi connectivity index (χ2n) is 14.5. The summed E-state index contributed by atoms with van der Waals surface area (Å²) in [4.78, 5) is 1.59. The van der Waals surface area contributed by atoms with Crippen molar-refractivity contribution in [1.82, 2.24) is 0 Å². The van der Waals surface area contributed by atoms with E-state index in [1.165, 1.54) is 76.7 Å². The van der Waals surface area contributed by atoms with E-state index in [0.717, 1.165) is 0 Å². The Labute approximate surface area is 253 Å². The van der Waals surface area contributed by atoms with E-state index in [9.17, 15) is 0 Å². The van der Waals surface area contributed by atoms with Crippen LogP contribution in [0.4, 0.5) is 0 Å². The van der Waals surface area contributed by atoms with Gasteiger partial charge in [-0.2, -0.15) is 4.57 Å². The normalized spacial score (nSPS) is 15.7. The van der Waals surface area contributed by atoms with Crippen LogP contribution in [0.5, 0.6) is 0 Å². The summed E-state index contributed by atoms with van der Waals surface area (Å²) in [5.41, 5.74) is 15.5. The zero-order chi connectivity index (χ0) is 29.5. The molecule has 216 valence electrons. The molecule has 0 fully saturated rings. The van der Waals surface area contributed by atoms with E-state index in [1.54, 1.807) is 10.6 Å². The number of rotatable bonds is 5. The van der Waals surface area contributed by atoms with Crippen LogP contribution in [-0.4, -0.2) is 0 Å². The number of nitrogens with zero attached hydrogens (tertiary/aromatic N) is 1. The van der Waals surface area contributed by atoms with Crippen molar-refractivity contribution >= 4 is 11.3 Å². The molecule has 1 aliphatic rings. The Balaban J connectivity index is 1.68. The second-order valence-corrected chi connectivity index (χ2v) is 15.4. The number of aromatic nitrogens is 1. The van der Waals surface area contributed by atoms with E-state index in [-0.39, 0.29) is 10.8 Å². The summed E-state index contributed by atoms with van der Waals surface area (Å²) in [6.45, 7) is 20.9. The van der Waals surface area contributed by atoms with Crippen molar-refractivity contribution in [2.24, 2.45) is 0 Å². The first-order chi connectivity index (χ1) is 19.3. The van der Waals surface area contributed by atoms with Crippen molar-refractivity contribution < 1.29 is 4.57 Å². The zero-order valence-electron chi connectivity index (χ0n) is 26.9. The molecule has 1 nitrogen and oxygen atoms in total. The van der Waals surface area contributed by atoms with Crippen molar-refractivity contribution in [3.05, 3.63) is 116 Å². The number of thiazole rings is 1. The van der Waals surface area contributed by atoms with Gasteiger partial charge in [0.25, 0.3) is 0 Å². The minimum Gasteiger partial charge on any atom is -0.153 e. The van der Waals surface area contributed by atoms with Crippen molar-refractivity contribution in [2.75, 3.05) is 0 Å². The van der Waals surface area contributed by atoms with E-state index in [2.05, 4.69) is 133 Å². The largest absolute Gasteiger partial charge is 0.231 e. The van der Waals surface area contributed by atoms with Crippen molar-refractivity contribution in [3.63, 3.8) is 0 Å². The van der Waals surface area contributed by atoms with Crippen LogP contribution in [-0.2, 0) is 23.7 Å². The molecule has 0 saturated heterocycles. The van der Waals surface area contributed by atoms with Crippen LogP contribution in [0.25, 0.3) is 5.69 Å². The first kappa shape index (κ1) is 29.8. The molecule has 1 heterocycles. The van der Waals surface area contributed by atoms with Crippen molar-refractivity contribution in [2.45, 2.75) is 117 Å². The lowest BCUT2D eigenvalue weighted by Crippen LogP contribution is -2.37. The van der Waals surface area contributed by atoms with Crippen LogP contribution < -0.4 is 4.57 Å². The predicted molar refractivity (Wildman–Crippen MR) is 177 cm³/mol. The van der Waals surface area contributed by atoms with Gasteiger partial charge in [-0.15, -0.1) is 0 Å². The zero-order valence-corrected chi connectivity index (χ0v) is 27.7. The Morgan fingerprint density at radius 1 is 0.659 bits per heavy atom. The van der Waals surface area contributed by atoms with Gasteiger partial charge >= 0.3 is 0 Å². The SMILES string of the molecule is Cc1cc([C@H](C)c2ccc(C(C)(C)C)cc2)c(-[n+]2csc3c2CCCCC3)c([C@H](C)c2ccc(C(C)(C)C)cc2)c1. The molecule has 2 heteroatoms. The number of hydrogen-bond acceptors (Lipinski definition) is 1. The molecule has 4 aromatic rings. The van der Waals surface area contributed by atoms with Crippen LogP contribution >= 0.6 is 11.3 Å². The van der Waals surface area contributed by atoms with E-state index >= 15 is 0 Å². The Bertz CT molecular complexity index is 1400. The summed E-state index contributed by atoms with van der Waals surface area (Å²) >= 11 is 1.97. The molecule has 0 radical (unpaired) electrons. The fraction of sp³-hybridized carbons (Fsp3) is 0.462. The Hall–Kier alpha value is -2.71. The monoisotopic (exact) mass is 564 g/mol. The fourth-order valence-electron chi connectivity index (χ4n) is 6.46. The minimum atomic E-state index is 0.158. The topological polar surface area (TPSA) is 3.88 Å². The lowest BCUT2D eigenvalue weighted by molar-refractivity contribution is -0.600. The highest BCUT2D eigenvalue weighted by Gasteiger charge is 2.32. The predicted octanol–water partition coefficient (Wildman–Crippen LogP) is 10.5. The summed E-state index contributed by atoms with van der Waals surface area (Å²) in [6, 6.07) is 23.7. The van der Waals surface area contributed by atoms with Gasteiger partial charge in [0.15, 0.2) is 0 Å². The molecule has 0 aliphatic heterocycles. The maximum atomic E-state index is 2.61. The van der Waals surface area contributed by atoms with E-state index < -0.39 is 0 Å². The third kappa shape index (κ3) is 6.24. The molecule has 1 aliphatic carbocycles. The molecule has 41 heavy (non-hydrogen) atoms. The van der Waals surface area contributed by atoms with Crippen LogP contribution in [0.15, 0.2) is 66.2 Å². The molecule has 0 bridgehead atoms. The second kappa shape index (κ2) is 11.5. The molecule has 3 aromatic carbocycles. The standard InChI is InChI=1S/C39H50NS/c1-26-23-33(27(2)29-15-19-31(20-16-29)38(4,5)6)37(40-25-41-36-14-12-10-11-13-35(36)40)34(24-26)28(3)30-17-21-32(22-18-30)39(7,8)9/h15-25,27-28H,10-14H2,1-9H3/q+1/t27-,28-/m1/s1. The Morgan fingerprint density at radius 3 is 1.59 bits per heavy atom. The van der Waals surface area contributed by atoms with Crippen LogP contribution in [0, 0.1) is 6.92 Å². The number of benzene rings is 3. The lowest BCUT2D eigenvalue weighted by atomic mass is 9.81. The number of fused-ring (bicyclic) bond motifs is 1. The minimum absolute atomic E-state index is 0.158. The number of aryl methyl sites for hydroxylation is 2. The Kier molecular flexibility index (Phi) is 8.37. The smallest absolute Gasteiger partial charge is 0.153 e. The van der Waals surface area contributed by atoms with E-state index in [4.69, 9.17) is 0 Å². The van der Waals surface area contributed by atoms with E-state index in [0.29, 0.717) is 11.8 Å². The Morgan fingerprint density at radius 2 is 1.12 bits per heavy atom. The third-order valence-electron chi connectivity index (χ3n) is 9.27. The quantitative estimate of drug-likeness (QED) is 0.168. The molecule has 0 N–H and O–H groups in total. The van der Waals surface area contributed by atoms with Gasteiger partial charge in [-0.1, -0.05) is 127 Å². The molecule has 0 saturated carbocycles.